The van der Waals surface area contributed by atoms with Crippen molar-refractivity contribution in [1.82, 2.24) is 15.4 Å². The lowest BCUT2D eigenvalue weighted by atomic mass is 10.1. The molecule has 0 amide bonds. The van der Waals surface area contributed by atoms with Crippen molar-refractivity contribution in [3.63, 3.8) is 0 Å². The minimum absolute atomic E-state index is 0.0427. The van der Waals surface area contributed by atoms with E-state index in [2.05, 4.69) is 15.4 Å². The smallest absolute Gasteiger partial charge is 0.237 e. The zero-order valence-corrected chi connectivity index (χ0v) is 8.81. The first-order valence-electron chi connectivity index (χ1n) is 5.16. The maximum absolute atomic E-state index is 5.53. The lowest BCUT2D eigenvalue weighted by Gasteiger charge is -2.16. The molecule has 15 heavy (non-hydrogen) atoms. The van der Waals surface area contributed by atoms with Crippen molar-refractivity contribution in [2.24, 2.45) is 11.8 Å². The maximum atomic E-state index is 5.53. The number of ether oxygens (including phenoxy) is 1. The fraction of sp³-hybridized carbons (Fsp3) is 0.600. The van der Waals surface area contributed by atoms with Gasteiger partial charge in [-0.15, -0.1) is 0 Å². The van der Waals surface area contributed by atoms with Crippen LogP contribution in [0.1, 0.15) is 31.0 Å². The Kier molecular flexibility index (Phi) is 3.13. The third-order valence-corrected chi connectivity index (χ3v) is 2.68. The molecule has 82 valence electrons. The fourth-order valence-electron chi connectivity index (χ4n) is 1.68. The summed E-state index contributed by atoms with van der Waals surface area (Å²) in [5.74, 6) is 6.86. The van der Waals surface area contributed by atoms with Crippen LogP contribution in [0.4, 0.5) is 0 Å². The van der Waals surface area contributed by atoms with E-state index in [4.69, 9.17) is 10.6 Å². The molecule has 3 N–H and O–H groups in total. The van der Waals surface area contributed by atoms with Crippen molar-refractivity contribution in [2.75, 3.05) is 7.11 Å². The molecule has 0 radical (unpaired) electrons. The first-order valence-corrected chi connectivity index (χ1v) is 5.16. The van der Waals surface area contributed by atoms with Crippen LogP contribution in [-0.2, 0) is 0 Å². The molecule has 5 nitrogen and oxygen atoms in total. The molecule has 0 saturated heterocycles. The largest absolute Gasteiger partial charge is 0.480 e. The third-order valence-electron chi connectivity index (χ3n) is 2.68. The topological polar surface area (TPSA) is 73.1 Å². The Bertz CT molecular complexity index is 327. The molecule has 0 aromatic carbocycles. The second kappa shape index (κ2) is 4.55. The minimum atomic E-state index is 0.0427. The van der Waals surface area contributed by atoms with Crippen LogP contribution in [0.25, 0.3) is 0 Å². The summed E-state index contributed by atoms with van der Waals surface area (Å²) in [7, 11) is 1.60. The van der Waals surface area contributed by atoms with Crippen molar-refractivity contribution in [1.29, 1.82) is 0 Å². The van der Waals surface area contributed by atoms with Gasteiger partial charge in [0, 0.05) is 12.4 Å². The van der Waals surface area contributed by atoms with Crippen LogP contribution in [0.2, 0.25) is 0 Å². The van der Waals surface area contributed by atoms with E-state index in [1.165, 1.54) is 12.8 Å². The summed E-state index contributed by atoms with van der Waals surface area (Å²) in [6.45, 7) is 0. The molecule has 0 aliphatic heterocycles. The molecule has 1 aliphatic carbocycles. The van der Waals surface area contributed by atoms with Gasteiger partial charge in [-0.3, -0.25) is 16.3 Å². The highest BCUT2D eigenvalue weighted by atomic mass is 16.5. The van der Waals surface area contributed by atoms with Crippen molar-refractivity contribution in [2.45, 2.75) is 25.3 Å². The Labute approximate surface area is 89.0 Å². The number of hydrogen-bond acceptors (Lipinski definition) is 5. The minimum Gasteiger partial charge on any atom is -0.480 e. The summed E-state index contributed by atoms with van der Waals surface area (Å²) in [6.07, 6.45) is 6.87. The summed E-state index contributed by atoms with van der Waals surface area (Å²) < 4.78 is 5.16. The molecule has 0 spiro atoms. The van der Waals surface area contributed by atoms with E-state index in [0.29, 0.717) is 5.88 Å². The van der Waals surface area contributed by atoms with Gasteiger partial charge in [0.1, 0.15) is 5.69 Å². The van der Waals surface area contributed by atoms with Gasteiger partial charge in [0.15, 0.2) is 0 Å². The Morgan fingerprint density at radius 3 is 2.87 bits per heavy atom. The zero-order valence-electron chi connectivity index (χ0n) is 8.81. The monoisotopic (exact) mass is 208 g/mol. The molecule has 1 atom stereocenters. The van der Waals surface area contributed by atoms with E-state index in [1.54, 1.807) is 19.5 Å². The molecule has 1 heterocycles. The summed E-state index contributed by atoms with van der Waals surface area (Å²) in [5, 5.41) is 0. The normalized spacial score (nSPS) is 17.5. The highest BCUT2D eigenvalue weighted by Gasteiger charge is 2.28. The number of methoxy groups -OCH3 is 1. The molecule has 1 unspecified atom stereocenters. The number of nitrogens with two attached hydrogens (primary N) is 1. The van der Waals surface area contributed by atoms with Crippen LogP contribution in [-0.4, -0.2) is 17.1 Å². The molecule has 1 aliphatic rings. The van der Waals surface area contributed by atoms with Gasteiger partial charge in [-0.1, -0.05) is 12.8 Å². The molecule has 2 rings (SSSR count). The van der Waals surface area contributed by atoms with Gasteiger partial charge in [0.25, 0.3) is 0 Å². The van der Waals surface area contributed by atoms with Gasteiger partial charge in [0.05, 0.1) is 13.2 Å². The van der Waals surface area contributed by atoms with Crippen LogP contribution in [0.15, 0.2) is 12.4 Å². The van der Waals surface area contributed by atoms with E-state index >= 15 is 0 Å². The van der Waals surface area contributed by atoms with Gasteiger partial charge in [0.2, 0.25) is 5.88 Å². The van der Waals surface area contributed by atoms with Crippen LogP contribution in [0, 0.1) is 5.92 Å². The summed E-state index contributed by atoms with van der Waals surface area (Å²) in [6, 6.07) is 0.0427. The number of aromatic nitrogens is 2. The Balaban J connectivity index is 2.15. The second-order valence-electron chi connectivity index (χ2n) is 3.85. The highest BCUT2D eigenvalue weighted by Crippen LogP contribution is 2.38. The number of rotatable bonds is 5. The van der Waals surface area contributed by atoms with Crippen molar-refractivity contribution in [3.8, 4) is 5.88 Å². The molecule has 1 saturated carbocycles. The van der Waals surface area contributed by atoms with Gasteiger partial charge < -0.3 is 4.74 Å². The van der Waals surface area contributed by atoms with E-state index in [1.807, 2.05) is 0 Å². The Hall–Kier alpha value is -1.20. The Morgan fingerprint density at radius 1 is 1.53 bits per heavy atom. The molecular weight excluding hydrogens is 192 g/mol. The number of nitrogens with zero attached hydrogens (tertiary/aromatic N) is 2. The van der Waals surface area contributed by atoms with Crippen molar-refractivity contribution in [3.05, 3.63) is 18.1 Å². The van der Waals surface area contributed by atoms with Gasteiger partial charge in [-0.05, 0) is 12.3 Å². The third kappa shape index (κ3) is 2.43. The lowest BCUT2D eigenvalue weighted by Crippen LogP contribution is -2.29. The summed E-state index contributed by atoms with van der Waals surface area (Å²) >= 11 is 0. The SMILES string of the molecule is COc1nccnc1C(CC1CC1)NN. The molecule has 1 aromatic rings. The molecule has 0 bridgehead atoms. The Morgan fingerprint density at radius 2 is 2.27 bits per heavy atom. The molecular formula is C10H16N4O. The predicted molar refractivity (Wildman–Crippen MR) is 56.0 cm³/mol. The summed E-state index contributed by atoms with van der Waals surface area (Å²) in [4.78, 5) is 8.38. The molecule has 1 aromatic heterocycles. The zero-order chi connectivity index (χ0) is 10.7. The van der Waals surface area contributed by atoms with Crippen LogP contribution >= 0.6 is 0 Å². The quantitative estimate of drug-likeness (QED) is 0.553. The standard InChI is InChI=1S/C10H16N4O/c1-15-10-9(12-4-5-13-10)8(14-11)6-7-2-3-7/h4-5,7-8,14H,2-3,6,11H2,1H3. The first kappa shape index (κ1) is 10.3. The summed E-state index contributed by atoms with van der Waals surface area (Å²) in [5.41, 5.74) is 3.58. The first-order chi connectivity index (χ1) is 7.35. The fourth-order valence-corrected chi connectivity index (χ4v) is 1.68. The van der Waals surface area contributed by atoms with Gasteiger partial charge in [-0.2, -0.15) is 0 Å². The lowest BCUT2D eigenvalue weighted by molar-refractivity contribution is 0.371. The van der Waals surface area contributed by atoms with Crippen LogP contribution in [0.5, 0.6) is 5.88 Å². The van der Waals surface area contributed by atoms with Crippen molar-refractivity contribution >= 4 is 0 Å². The van der Waals surface area contributed by atoms with E-state index in [9.17, 15) is 0 Å². The average molecular weight is 208 g/mol. The highest BCUT2D eigenvalue weighted by molar-refractivity contribution is 5.21. The molecule has 1 fully saturated rings. The number of hydrazine groups is 1. The predicted octanol–water partition coefficient (Wildman–Crippen LogP) is 0.790. The van der Waals surface area contributed by atoms with E-state index in [-0.39, 0.29) is 6.04 Å². The second-order valence-corrected chi connectivity index (χ2v) is 3.85. The molecule has 5 heteroatoms. The van der Waals surface area contributed by atoms with E-state index in [0.717, 1.165) is 18.0 Å². The van der Waals surface area contributed by atoms with Crippen LogP contribution < -0.4 is 16.0 Å². The average Bonchev–Trinajstić information content (AvgIpc) is 3.10. The van der Waals surface area contributed by atoms with E-state index < -0.39 is 0 Å². The number of nitrogens with one attached hydrogen (secondary N) is 1. The van der Waals surface area contributed by atoms with Crippen molar-refractivity contribution < 1.29 is 4.74 Å². The number of hydrogen-bond donors (Lipinski definition) is 2. The maximum Gasteiger partial charge on any atom is 0.237 e. The van der Waals surface area contributed by atoms with Gasteiger partial charge in [-0.25, -0.2) is 4.98 Å². The van der Waals surface area contributed by atoms with Crippen LogP contribution in [0.3, 0.4) is 0 Å². The van der Waals surface area contributed by atoms with Gasteiger partial charge >= 0.3 is 0 Å².